The second-order valence-electron chi connectivity index (χ2n) is 13.9. The average Bonchev–Trinajstić information content (AvgIpc) is 3.03. The summed E-state index contributed by atoms with van der Waals surface area (Å²) in [5.41, 5.74) is 3.95. The number of methoxy groups -OCH3 is 1. The van der Waals surface area contributed by atoms with Gasteiger partial charge in [0.25, 0.3) is 15.9 Å². The summed E-state index contributed by atoms with van der Waals surface area (Å²) in [6.07, 6.45) is 4.96. The molecule has 1 amide bonds. The molecule has 49 heavy (non-hydrogen) atoms. The summed E-state index contributed by atoms with van der Waals surface area (Å²) in [5, 5.41) is 0. The van der Waals surface area contributed by atoms with Gasteiger partial charge in [-0.1, -0.05) is 45.0 Å². The van der Waals surface area contributed by atoms with Gasteiger partial charge < -0.3 is 19.3 Å². The third kappa shape index (κ3) is 7.67. The van der Waals surface area contributed by atoms with Gasteiger partial charge in [-0.2, -0.15) is 4.98 Å². The highest BCUT2D eigenvalue weighted by atomic mass is 32.2. The molecule has 2 aliphatic heterocycles. The van der Waals surface area contributed by atoms with Gasteiger partial charge in [-0.3, -0.25) is 9.78 Å². The minimum absolute atomic E-state index is 0.0859. The van der Waals surface area contributed by atoms with Crippen molar-refractivity contribution in [1.82, 2.24) is 24.8 Å². The van der Waals surface area contributed by atoms with Gasteiger partial charge in [0.1, 0.15) is 12.4 Å². The number of nitrogens with one attached hydrogen (secondary N) is 1. The molecule has 2 atom stereocenters. The number of hydrogen-bond donors (Lipinski definition) is 1. The maximum absolute atomic E-state index is 14.5. The van der Waals surface area contributed by atoms with Gasteiger partial charge >= 0.3 is 0 Å². The fraction of sp³-hybridized carbons (Fsp3) is 0.417. The Morgan fingerprint density at radius 1 is 1.00 bits per heavy atom. The Morgan fingerprint density at radius 2 is 1.76 bits per heavy atom. The van der Waals surface area contributed by atoms with Crippen LogP contribution in [-0.4, -0.2) is 78.1 Å². The van der Waals surface area contributed by atoms with Crippen molar-refractivity contribution in [2.75, 3.05) is 36.5 Å². The van der Waals surface area contributed by atoms with Crippen LogP contribution in [0.25, 0.3) is 11.3 Å². The first-order chi connectivity index (χ1) is 23.3. The van der Waals surface area contributed by atoms with E-state index in [0.29, 0.717) is 24.4 Å². The van der Waals surface area contributed by atoms with Crippen molar-refractivity contribution in [3.8, 4) is 17.1 Å². The number of amides is 1. The van der Waals surface area contributed by atoms with Crippen LogP contribution in [0, 0.1) is 19.3 Å². The van der Waals surface area contributed by atoms with Gasteiger partial charge in [0, 0.05) is 30.8 Å². The lowest BCUT2D eigenvalue weighted by Crippen LogP contribution is -2.51. The number of rotatable bonds is 7. The van der Waals surface area contributed by atoms with Crippen LogP contribution in [0.3, 0.4) is 0 Å². The zero-order valence-electron chi connectivity index (χ0n) is 28.8. The molecule has 0 saturated carbocycles. The van der Waals surface area contributed by atoms with Crippen molar-refractivity contribution in [2.45, 2.75) is 71.0 Å². The number of anilines is 2. The van der Waals surface area contributed by atoms with E-state index in [2.05, 4.69) is 45.3 Å². The first kappa shape index (κ1) is 34.3. The molecular weight excluding hydrogens is 643 g/mol. The van der Waals surface area contributed by atoms with E-state index in [0.717, 1.165) is 35.5 Å². The van der Waals surface area contributed by atoms with Gasteiger partial charge in [0.15, 0.2) is 0 Å². The number of hydrogen-bond acceptors (Lipinski definition) is 10. The van der Waals surface area contributed by atoms with Crippen molar-refractivity contribution in [3.63, 3.8) is 0 Å². The number of aryl methyl sites for hydroxylation is 2. The van der Waals surface area contributed by atoms with E-state index >= 15 is 0 Å². The summed E-state index contributed by atoms with van der Waals surface area (Å²) < 4.78 is 41.7. The summed E-state index contributed by atoms with van der Waals surface area (Å²) in [6, 6.07) is 13.4. The number of ether oxygens (including phenoxy) is 2. The smallest absolute Gasteiger partial charge is 0.264 e. The van der Waals surface area contributed by atoms with Crippen LogP contribution in [0.15, 0.2) is 65.8 Å². The second-order valence-corrected chi connectivity index (χ2v) is 15.6. The zero-order chi connectivity index (χ0) is 34.9. The third-order valence-electron chi connectivity index (χ3n) is 8.83. The third-order valence-corrected chi connectivity index (χ3v) is 10.2. The number of carbonyl (C=O) groups is 1. The number of carbonyl (C=O) groups excluding carboxylic acids is 1. The lowest BCUT2D eigenvalue weighted by molar-refractivity contribution is 0.0509. The van der Waals surface area contributed by atoms with E-state index in [1.54, 1.807) is 42.6 Å². The van der Waals surface area contributed by atoms with Gasteiger partial charge in [0.2, 0.25) is 11.8 Å². The summed E-state index contributed by atoms with van der Waals surface area (Å²) in [5.74, 6) is 0.433. The van der Waals surface area contributed by atoms with Crippen LogP contribution in [0.4, 0.5) is 11.8 Å². The van der Waals surface area contributed by atoms with Crippen LogP contribution >= 0.6 is 0 Å². The number of aromatic nitrogens is 4. The maximum atomic E-state index is 14.5. The Labute approximate surface area is 288 Å². The first-order valence-corrected chi connectivity index (χ1v) is 17.9. The first-order valence-electron chi connectivity index (χ1n) is 16.4. The molecule has 2 aromatic heterocycles. The molecule has 0 unspecified atom stereocenters. The Kier molecular flexibility index (Phi) is 9.58. The van der Waals surface area contributed by atoms with E-state index in [1.165, 1.54) is 12.1 Å². The predicted octanol–water partition coefficient (Wildman–Crippen LogP) is 5.42. The molecule has 258 valence electrons. The molecule has 13 heteroatoms. The predicted molar refractivity (Wildman–Crippen MR) is 187 cm³/mol. The second kappa shape index (κ2) is 13.7. The zero-order valence-corrected chi connectivity index (χ0v) is 29.6. The summed E-state index contributed by atoms with van der Waals surface area (Å²) in [4.78, 5) is 36.8. The Hall–Kier alpha value is -4.62. The van der Waals surface area contributed by atoms with Gasteiger partial charge in [0.05, 0.1) is 53.9 Å². The number of nitrogens with zero attached hydrogens (tertiary/aromatic N) is 6. The SMILES string of the molecule is COC[C@@H]1CCN1c1cncc(CN2C(=O)c3cccc(c3)S(=O)(=O)Nc3nc(cc(-c4c(C)cccc4C)n3)OC[C@H]2CC(C)(C)C)n1. The van der Waals surface area contributed by atoms with Crippen molar-refractivity contribution in [1.29, 1.82) is 0 Å². The molecule has 4 bridgehead atoms. The average molecular weight is 686 g/mol. The molecular formula is C36H43N7O5S. The Morgan fingerprint density at radius 3 is 2.45 bits per heavy atom. The highest BCUT2D eigenvalue weighted by Crippen LogP contribution is 2.32. The van der Waals surface area contributed by atoms with Gasteiger partial charge in [-0.15, -0.1) is 0 Å². The molecule has 2 aliphatic rings. The topological polar surface area (TPSA) is 140 Å². The minimum atomic E-state index is -4.18. The summed E-state index contributed by atoms with van der Waals surface area (Å²) in [7, 11) is -2.50. The van der Waals surface area contributed by atoms with Crippen LogP contribution < -0.4 is 14.4 Å². The van der Waals surface area contributed by atoms with E-state index < -0.39 is 16.1 Å². The molecule has 4 aromatic rings. The van der Waals surface area contributed by atoms with Crippen molar-refractivity contribution in [3.05, 3.63) is 83.3 Å². The molecule has 1 fully saturated rings. The van der Waals surface area contributed by atoms with Crippen LogP contribution in [0.5, 0.6) is 5.88 Å². The van der Waals surface area contributed by atoms with Crippen molar-refractivity contribution in [2.24, 2.45) is 5.41 Å². The normalized spacial score (nSPS) is 19.1. The highest BCUT2D eigenvalue weighted by molar-refractivity contribution is 7.92. The van der Waals surface area contributed by atoms with E-state index in [-0.39, 0.29) is 52.8 Å². The Bertz CT molecular complexity index is 1940. The van der Waals surface area contributed by atoms with Crippen LogP contribution in [-0.2, 0) is 21.3 Å². The molecule has 0 radical (unpaired) electrons. The molecule has 1 saturated heterocycles. The fourth-order valence-corrected chi connectivity index (χ4v) is 7.43. The van der Waals surface area contributed by atoms with Crippen molar-refractivity contribution >= 4 is 27.7 Å². The number of benzene rings is 2. The molecule has 1 N–H and O–H groups in total. The number of sulfonamides is 1. The van der Waals surface area contributed by atoms with Gasteiger partial charge in [-0.05, 0) is 61.4 Å². The monoisotopic (exact) mass is 685 g/mol. The molecule has 0 spiro atoms. The van der Waals surface area contributed by atoms with E-state index in [1.807, 2.05) is 32.0 Å². The molecule has 4 heterocycles. The van der Waals surface area contributed by atoms with E-state index in [4.69, 9.17) is 14.5 Å². The molecule has 6 rings (SSSR count). The highest BCUT2D eigenvalue weighted by Gasteiger charge is 2.33. The number of fused-ring (bicyclic) bond motifs is 4. The molecule has 0 aliphatic carbocycles. The van der Waals surface area contributed by atoms with Gasteiger partial charge in [-0.25, -0.2) is 23.1 Å². The standard InChI is InChI=1S/C36H43N7O5S/c1-23-9-7-10-24(2)33(23)30-16-32-40-35(39-30)41-49(45,46)29-12-8-11-25(15-29)34(44)43(28(22-48-32)17-36(3,4)5)20-26-18-37-19-31(38-26)42-14-13-27(42)21-47-6/h7-12,15-16,18-19,27-28H,13-14,17,20-22H2,1-6H3,(H,39,40,41)/t27-,28+/m0/s1. The van der Waals surface area contributed by atoms with E-state index in [9.17, 15) is 13.2 Å². The quantitative estimate of drug-likeness (QED) is 0.268. The van der Waals surface area contributed by atoms with Crippen LogP contribution in [0.1, 0.15) is 60.8 Å². The van der Waals surface area contributed by atoms with Crippen molar-refractivity contribution < 1.29 is 22.7 Å². The lowest BCUT2D eigenvalue weighted by atomic mass is 9.87. The summed E-state index contributed by atoms with van der Waals surface area (Å²) in [6.45, 7) is 11.9. The Balaban J connectivity index is 1.45. The lowest BCUT2D eigenvalue weighted by Gasteiger charge is -2.41. The molecule has 2 aromatic carbocycles. The fourth-order valence-electron chi connectivity index (χ4n) is 6.44. The molecule has 12 nitrogen and oxygen atoms in total. The summed E-state index contributed by atoms with van der Waals surface area (Å²) >= 11 is 0. The maximum Gasteiger partial charge on any atom is 0.264 e. The van der Waals surface area contributed by atoms with Crippen LogP contribution in [0.2, 0.25) is 0 Å². The minimum Gasteiger partial charge on any atom is -0.475 e. The largest absolute Gasteiger partial charge is 0.475 e.